The number of rotatable bonds is 6. The van der Waals surface area contributed by atoms with E-state index in [1.54, 1.807) is 29.2 Å². The summed E-state index contributed by atoms with van der Waals surface area (Å²) >= 11 is 0. The fraction of sp³-hybridized carbons (Fsp3) is 0.462. The Bertz CT molecular complexity index is 966. The maximum absolute atomic E-state index is 14.1. The number of amides is 2. The molecule has 0 spiro atoms. The van der Waals surface area contributed by atoms with Crippen molar-refractivity contribution in [2.45, 2.75) is 38.5 Å². The minimum atomic E-state index is -0.528. The molecule has 4 rings (SSSR count). The van der Waals surface area contributed by atoms with E-state index in [1.807, 2.05) is 4.90 Å². The van der Waals surface area contributed by atoms with Crippen LogP contribution in [-0.2, 0) is 4.79 Å². The fourth-order valence-corrected chi connectivity index (χ4v) is 4.70. The summed E-state index contributed by atoms with van der Waals surface area (Å²) in [5.41, 5.74) is -0.369. The van der Waals surface area contributed by atoms with Gasteiger partial charge in [0, 0.05) is 38.0 Å². The summed E-state index contributed by atoms with van der Waals surface area (Å²) in [6.07, 6.45) is 4.69. The van der Waals surface area contributed by atoms with Gasteiger partial charge in [0.15, 0.2) is 0 Å². The predicted molar refractivity (Wildman–Crippen MR) is 121 cm³/mol. The van der Waals surface area contributed by atoms with Gasteiger partial charge in [-0.25, -0.2) is 8.78 Å². The second-order valence-corrected chi connectivity index (χ2v) is 9.13. The van der Waals surface area contributed by atoms with Gasteiger partial charge in [-0.2, -0.15) is 0 Å². The molecule has 2 fully saturated rings. The molecule has 33 heavy (non-hydrogen) atoms. The zero-order valence-electron chi connectivity index (χ0n) is 18.8. The van der Waals surface area contributed by atoms with Crippen molar-refractivity contribution in [3.63, 3.8) is 0 Å². The number of likely N-dealkylation sites (tertiary alicyclic amines) is 2. The van der Waals surface area contributed by atoms with Crippen molar-refractivity contribution in [2.75, 3.05) is 32.8 Å². The van der Waals surface area contributed by atoms with E-state index in [9.17, 15) is 18.4 Å². The third-order valence-electron chi connectivity index (χ3n) is 6.81. The number of piperidine rings is 2. The number of halogens is 2. The van der Waals surface area contributed by atoms with Crippen LogP contribution in [0.2, 0.25) is 0 Å². The summed E-state index contributed by atoms with van der Waals surface area (Å²) in [5.74, 6) is -0.530. The van der Waals surface area contributed by atoms with Gasteiger partial charge in [0.2, 0.25) is 5.91 Å². The molecule has 0 unspecified atom stereocenters. The van der Waals surface area contributed by atoms with E-state index in [0.717, 1.165) is 32.4 Å². The van der Waals surface area contributed by atoms with Crippen LogP contribution >= 0.6 is 0 Å². The molecule has 2 aliphatic rings. The molecule has 0 aromatic heterocycles. The molecule has 5 nitrogen and oxygen atoms in total. The highest BCUT2D eigenvalue weighted by Crippen LogP contribution is 2.37. The van der Waals surface area contributed by atoms with Crippen LogP contribution in [0.5, 0.6) is 5.75 Å². The molecule has 7 heteroatoms. The van der Waals surface area contributed by atoms with E-state index in [0.29, 0.717) is 44.7 Å². The summed E-state index contributed by atoms with van der Waals surface area (Å²) in [5, 5.41) is 0. The molecule has 0 aliphatic carbocycles. The van der Waals surface area contributed by atoms with Crippen LogP contribution < -0.4 is 4.74 Å². The van der Waals surface area contributed by atoms with Crippen LogP contribution in [0.15, 0.2) is 48.5 Å². The second-order valence-electron chi connectivity index (χ2n) is 9.13. The van der Waals surface area contributed by atoms with E-state index in [2.05, 4.69) is 0 Å². The van der Waals surface area contributed by atoms with Crippen molar-refractivity contribution in [1.82, 2.24) is 9.80 Å². The first-order valence-corrected chi connectivity index (χ1v) is 11.7. The quantitative estimate of drug-likeness (QED) is 0.635. The van der Waals surface area contributed by atoms with E-state index in [4.69, 9.17) is 4.74 Å². The highest BCUT2D eigenvalue weighted by molar-refractivity contribution is 5.94. The van der Waals surface area contributed by atoms with Crippen LogP contribution in [-0.4, -0.2) is 54.4 Å². The van der Waals surface area contributed by atoms with Crippen molar-refractivity contribution >= 4 is 11.8 Å². The summed E-state index contributed by atoms with van der Waals surface area (Å²) in [6, 6.07) is 11.8. The van der Waals surface area contributed by atoms with Gasteiger partial charge in [-0.3, -0.25) is 9.59 Å². The summed E-state index contributed by atoms with van der Waals surface area (Å²) in [4.78, 5) is 29.5. The molecule has 176 valence electrons. The van der Waals surface area contributed by atoms with Crippen LogP contribution in [0.4, 0.5) is 8.78 Å². The molecular weight excluding hydrogens is 426 g/mol. The zero-order chi connectivity index (χ0) is 23.3. The second kappa shape index (κ2) is 10.3. The van der Waals surface area contributed by atoms with Crippen LogP contribution in [0.3, 0.4) is 0 Å². The molecule has 2 aromatic carbocycles. The molecule has 0 saturated carbocycles. The summed E-state index contributed by atoms with van der Waals surface area (Å²) in [6.45, 7) is 2.72. The number of carbonyl (C=O) groups excluding carboxylic acids is 2. The van der Waals surface area contributed by atoms with Gasteiger partial charge in [0.1, 0.15) is 17.4 Å². The van der Waals surface area contributed by atoms with Crippen molar-refractivity contribution in [2.24, 2.45) is 5.41 Å². The topological polar surface area (TPSA) is 49.9 Å². The Kier molecular flexibility index (Phi) is 7.26. The monoisotopic (exact) mass is 456 g/mol. The Hall–Kier alpha value is -2.96. The number of ether oxygens (including phenoxy) is 1. The van der Waals surface area contributed by atoms with Crippen LogP contribution in [0.1, 0.15) is 48.9 Å². The number of hydrogen-bond acceptors (Lipinski definition) is 3. The molecule has 0 N–H and O–H groups in total. The van der Waals surface area contributed by atoms with Crippen molar-refractivity contribution in [3.05, 3.63) is 65.7 Å². The van der Waals surface area contributed by atoms with Crippen molar-refractivity contribution in [3.8, 4) is 5.75 Å². The third kappa shape index (κ3) is 5.70. The molecule has 2 heterocycles. The maximum atomic E-state index is 14.1. The highest BCUT2D eigenvalue weighted by atomic mass is 19.1. The standard InChI is InChI=1S/C26H30F2N2O3/c27-20-8-10-21(11-9-20)33-19-26(18-24(31)29-14-4-1-5-15-29)12-16-30(17-13-26)25(32)22-6-2-3-7-23(22)28/h2-3,6-11H,1,4-5,12-19H2. The largest absolute Gasteiger partial charge is 0.493 e. The summed E-state index contributed by atoms with van der Waals surface area (Å²) in [7, 11) is 0. The predicted octanol–water partition coefficient (Wildman–Crippen LogP) is 4.67. The van der Waals surface area contributed by atoms with E-state index in [1.165, 1.54) is 24.3 Å². The number of carbonyl (C=O) groups is 2. The van der Waals surface area contributed by atoms with Gasteiger partial charge in [0.25, 0.3) is 5.91 Å². The molecule has 2 saturated heterocycles. The van der Waals surface area contributed by atoms with E-state index >= 15 is 0 Å². The lowest BCUT2D eigenvalue weighted by Crippen LogP contribution is -2.48. The molecule has 2 aromatic rings. The van der Waals surface area contributed by atoms with Gasteiger partial charge in [0.05, 0.1) is 12.2 Å². The first kappa shape index (κ1) is 23.2. The van der Waals surface area contributed by atoms with E-state index in [-0.39, 0.29) is 23.2 Å². The average Bonchev–Trinajstić information content (AvgIpc) is 2.85. The molecular formula is C26H30F2N2O3. The molecule has 0 bridgehead atoms. The number of hydrogen-bond donors (Lipinski definition) is 0. The maximum Gasteiger partial charge on any atom is 0.256 e. The van der Waals surface area contributed by atoms with Gasteiger partial charge in [-0.05, 0) is 68.5 Å². The molecule has 2 aliphatic heterocycles. The normalized spacial score (nSPS) is 18.1. The van der Waals surface area contributed by atoms with Crippen LogP contribution in [0, 0.1) is 17.0 Å². The Balaban J connectivity index is 1.45. The van der Waals surface area contributed by atoms with Gasteiger partial charge in [-0.1, -0.05) is 12.1 Å². The van der Waals surface area contributed by atoms with Gasteiger partial charge < -0.3 is 14.5 Å². The number of benzene rings is 2. The van der Waals surface area contributed by atoms with Crippen molar-refractivity contribution in [1.29, 1.82) is 0 Å². The van der Waals surface area contributed by atoms with Crippen molar-refractivity contribution < 1.29 is 23.1 Å². The molecule has 0 radical (unpaired) electrons. The summed E-state index contributed by atoms with van der Waals surface area (Å²) < 4.78 is 33.4. The molecule has 0 atom stereocenters. The lowest BCUT2D eigenvalue weighted by atomic mass is 9.75. The Morgan fingerprint density at radius 3 is 2.18 bits per heavy atom. The number of nitrogens with zero attached hydrogens (tertiary/aromatic N) is 2. The minimum absolute atomic E-state index is 0.0666. The Labute approximate surface area is 193 Å². The Morgan fingerprint density at radius 1 is 0.848 bits per heavy atom. The SMILES string of the molecule is O=C(CC1(COc2ccc(F)cc2)CCN(C(=O)c2ccccc2F)CC1)N1CCCCC1. The lowest BCUT2D eigenvalue weighted by Gasteiger charge is -2.42. The van der Waals surface area contributed by atoms with Gasteiger partial charge >= 0.3 is 0 Å². The smallest absolute Gasteiger partial charge is 0.256 e. The van der Waals surface area contributed by atoms with Crippen LogP contribution in [0.25, 0.3) is 0 Å². The highest BCUT2D eigenvalue weighted by Gasteiger charge is 2.40. The fourth-order valence-electron chi connectivity index (χ4n) is 4.70. The Morgan fingerprint density at radius 2 is 1.52 bits per heavy atom. The molecule has 2 amide bonds. The first-order valence-electron chi connectivity index (χ1n) is 11.7. The third-order valence-corrected chi connectivity index (χ3v) is 6.81. The minimum Gasteiger partial charge on any atom is -0.493 e. The van der Waals surface area contributed by atoms with E-state index < -0.39 is 11.2 Å². The van der Waals surface area contributed by atoms with Gasteiger partial charge in [-0.15, -0.1) is 0 Å². The zero-order valence-corrected chi connectivity index (χ0v) is 18.8. The average molecular weight is 457 g/mol. The first-order chi connectivity index (χ1) is 16.0. The lowest BCUT2D eigenvalue weighted by molar-refractivity contribution is -0.136.